The van der Waals surface area contributed by atoms with Gasteiger partial charge in [0.2, 0.25) is 0 Å². The van der Waals surface area contributed by atoms with Crippen LogP contribution in [0.1, 0.15) is 51.2 Å². The normalized spacial score (nSPS) is 19.1. The number of halogens is 1. The minimum atomic E-state index is -0.568. The molecule has 3 nitrogen and oxygen atoms in total. The molecule has 1 unspecified atom stereocenters. The molecule has 0 radical (unpaired) electrons. The molecule has 0 spiro atoms. The number of likely N-dealkylation sites (tertiary alicyclic amines) is 1. The number of hydrogen-bond acceptors (Lipinski definition) is 3. The van der Waals surface area contributed by atoms with Crippen molar-refractivity contribution in [2.24, 2.45) is 0 Å². The highest BCUT2D eigenvalue weighted by atomic mass is 35.5. The second-order valence-corrected chi connectivity index (χ2v) is 6.76. The van der Waals surface area contributed by atoms with Crippen molar-refractivity contribution in [3.05, 3.63) is 28.8 Å². The van der Waals surface area contributed by atoms with E-state index >= 15 is 0 Å². The highest BCUT2D eigenvalue weighted by molar-refractivity contribution is 6.32. The predicted molar refractivity (Wildman–Crippen MR) is 87.1 cm³/mol. The van der Waals surface area contributed by atoms with Crippen LogP contribution in [-0.4, -0.2) is 35.7 Å². The van der Waals surface area contributed by atoms with E-state index < -0.39 is 6.10 Å². The highest BCUT2D eigenvalue weighted by Gasteiger charge is 2.35. The van der Waals surface area contributed by atoms with Crippen LogP contribution in [0.25, 0.3) is 0 Å². The van der Waals surface area contributed by atoms with Gasteiger partial charge in [0.05, 0.1) is 18.2 Å². The largest absolute Gasteiger partial charge is 0.495 e. The lowest BCUT2D eigenvalue weighted by Gasteiger charge is -2.41. The third kappa shape index (κ3) is 3.71. The van der Waals surface area contributed by atoms with Crippen molar-refractivity contribution >= 4 is 11.6 Å². The van der Waals surface area contributed by atoms with Gasteiger partial charge in [0.25, 0.3) is 0 Å². The number of nitrogens with zero attached hydrogens (tertiary/aromatic N) is 1. The fraction of sp³-hybridized carbons (Fsp3) is 0.647. The zero-order valence-electron chi connectivity index (χ0n) is 13.2. The third-order valence-corrected chi connectivity index (χ3v) is 4.89. The van der Waals surface area contributed by atoms with E-state index in [4.69, 9.17) is 16.3 Å². The Kier molecular flexibility index (Phi) is 5.53. The molecular weight excluding hydrogens is 286 g/mol. The average Bonchev–Trinajstić information content (AvgIpc) is 2.76. The molecule has 1 aromatic carbocycles. The fourth-order valence-corrected chi connectivity index (χ4v) is 3.27. The lowest BCUT2D eigenvalue weighted by molar-refractivity contribution is -0.0101. The maximum atomic E-state index is 10.9. The molecule has 1 atom stereocenters. The minimum Gasteiger partial charge on any atom is -0.495 e. The van der Waals surface area contributed by atoms with Gasteiger partial charge in [-0.3, -0.25) is 4.90 Å². The fourth-order valence-electron chi connectivity index (χ4n) is 3.07. The molecule has 2 rings (SSSR count). The molecule has 1 aliphatic rings. The van der Waals surface area contributed by atoms with Crippen LogP contribution in [-0.2, 0) is 0 Å². The summed E-state index contributed by atoms with van der Waals surface area (Å²) in [5.41, 5.74) is 0.550. The Morgan fingerprint density at radius 3 is 2.38 bits per heavy atom. The number of aliphatic hydroxyl groups is 1. The van der Waals surface area contributed by atoms with Gasteiger partial charge in [0.15, 0.2) is 0 Å². The van der Waals surface area contributed by atoms with Crippen molar-refractivity contribution in [1.29, 1.82) is 0 Å². The van der Waals surface area contributed by atoms with Gasteiger partial charge in [0.1, 0.15) is 5.75 Å². The zero-order valence-corrected chi connectivity index (χ0v) is 14.0. The Bertz CT molecular complexity index is 468. The summed E-state index contributed by atoms with van der Waals surface area (Å²) in [7, 11) is 1.59. The van der Waals surface area contributed by atoms with Crippen LogP contribution in [0.4, 0.5) is 0 Å². The van der Waals surface area contributed by atoms with Gasteiger partial charge in [-0.15, -0.1) is 0 Å². The number of hydrogen-bond donors (Lipinski definition) is 1. The second kappa shape index (κ2) is 6.99. The van der Waals surface area contributed by atoms with E-state index in [2.05, 4.69) is 18.7 Å². The molecule has 1 saturated heterocycles. The van der Waals surface area contributed by atoms with Crippen LogP contribution in [0.3, 0.4) is 0 Å². The number of benzene rings is 1. The summed E-state index contributed by atoms with van der Waals surface area (Å²) in [4.78, 5) is 2.41. The van der Waals surface area contributed by atoms with E-state index in [1.54, 1.807) is 13.2 Å². The van der Waals surface area contributed by atoms with Crippen LogP contribution in [0.15, 0.2) is 18.2 Å². The van der Waals surface area contributed by atoms with Crippen molar-refractivity contribution in [2.45, 2.75) is 51.2 Å². The summed E-state index contributed by atoms with van der Waals surface area (Å²) in [6.07, 6.45) is 4.43. The first kappa shape index (κ1) is 16.6. The first-order valence-corrected chi connectivity index (χ1v) is 8.11. The molecular formula is C17H26ClNO2. The summed E-state index contributed by atoms with van der Waals surface area (Å²) in [5.74, 6) is 0.611. The Morgan fingerprint density at radius 1 is 1.19 bits per heavy atom. The summed E-state index contributed by atoms with van der Waals surface area (Å²) < 4.78 is 5.26. The number of ether oxygens (including phenoxy) is 1. The van der Waals surface area contributed by atoms with Crippen LogP contribution in [0.2, 0.25) is 5.02 Å². The average molecular weight is 312 g/mol. The molecule has 1 N–H and O–H groups in total. The van der Waals surface area contributed by atoms with Gasteiger partial charge in [-0.1, -0.05) is 30.5 Å². The van der Waals surface area contributed by atoms with E-state index in [0.717, 1.165) is 18.7 Å². The summed E-state index contributed by atoms with van der Waals surface area (Å²) >= 11 is 6.07. The second-order valence-electron chi connectivity index (χ2n) is 6.35. The topological polar surface area (TPSA) is 32.7 Å². The van der Waals surface area contributed by atoms with E-state index in [0.29, 0.717) is 10.8 Å². The van der Waals surface area contributed by atoms with Crippen LogP contribution in [0, 0.1) is 0 Å². The van der Waals surface area contributed by atoms with Gasteiger partial charge in [-0.2, -0.15) is 0 Å². The Labute approximate surface area is 132 Å². The van der Waals surface area contributed by atoms with Crippen molar-refractivity contribution in [3.8, 4) is 5.75 Å². The maximum Gasteiger partial charge on any atom is 0.137 e. The van der Waals surface area contributed by atoms with E-state index in [1.165, 1.54) is 25.7 Å². The molecule has 1 aromatic rings. The summed E-state index contributed by atoms with van der Waals surface area (Å²) in [6.45, 7) is 6.33. The summed E-state index contributed by atoms with van der Waals surface area (Å²) in [6, 6.07) is 5.51. The molecule has 0 bridgehead atoms. The van der Waals surface area contributed by atoms with Crippen molar-refractivity contribution in [1.82, 2.24) is 4.90 Å². The van der Waals surface area contributed by atoms with Gasteiger partial charge in [-0.05, 0) is 57.5 Å². The predicted octanol–water partition coefficient (Wildman–Crippen LogP) is 4.04. The molecule has 118 valence electrons. The molecule has 1 aliphatic heterocycles. The van der Waals surface area contributed by atoms with Gasteiger partial charge >= 0.3 is 0 Å². The minimum absolute atomic E-state index is 0.302. The Balaban J connectivity index is 2.21. The van der Waals surface area contributed by atoms with E-state index in [1.807, 2.05) is 12.1 Å². The molecule has 0 saturated carbocycles. The van der Waals surface area contributed by atoms with Crippen LogP contribution >= 0.6 is 11.6 Å². The SMILES string of the molecule is COc1cc(C(O)C(C)(C)N2CCCCCC2)ccc1Cl. The third-order valence-electron chi connectivity index (χ3n) is 4.58. The van der Waals surface area contributed by atoms with Gasteiger partial charge < -0.3 is 9.84 Å². The molecule has 21 heavy (non-hydrogen) atoms. The molecule has 0 amide bonds. The molecule has 1 heterocycles. The smallest absolute Gasteiger partial charge is 0.137 e. The van der Waals surface area contributed by atoms with Crippen LogP contribution in [0.5, 0.6) is 5.75 Å². The maximum absolute atomic E-state index is 10.9. The number of methoxy groups -OCH3 is 1. The lowest BCUT2D eigenvalue weighted by atomic mass is 9.89. The van der Waals surface area contributed by atoms with Gasteiger partial charge in [-0.25, -0.2) is 0 Å². The molecule has 1 fully saturated rings. The van der Waals surface area contributed by atoms with Crippen LogP contribution < -0.4 is 4.74 Å². The molecule has 0 aromatic heterocycles. The zero-order chi connectivity index (χ0) is 15.5. The lowest BCUT2D eigenvalue weighted by Crippen LogP contribution is -2.48. The first-order chi connectivity index (χ1) is 9.96. The monoisotopic (exact) mass is 311 g/mol. The van der Waals surface area contributed by atoms with Crippen molar-refractivity contribution < 1.29 is 9.84 Å². The first-order valence-electron chi connectivity index (χ1n) is 7.73. The highest BCUT2D eigenvalue weighted by Crippen LogP contribution is 2.35. The van der Waals surface area contributed by atoms with Crippen molar-refractivity contribution in [3.63, 3.8) is 0 Å². The Morgan fingerprint density at radius 2 is 1.81 bits per heavy atom. The molecule has 0 aliphatic carbocycles. The standard InChI is InChI=1S/C17H26ClNO2/c1-17(2,19-10-6-4-5-7-11-19)16(20)13-8-9-14(18)15(12-13)21-3/h8-9,12,16,20H,4-7,10-11H2,1-3H3. The van der Waals surface area contributed by atoms with Gasteiger partial charge in [0, 0.05) is 5.54 Å². The Hall–Kier alpha value is -0.770. The van der Waals surface area contributed by atoms with E-state index in [9.17, 15) is 5.11 Å². The molecule has 4 heteroatoms. The quantitative estimate of drug-likeness (QED) is 0.911. The summed E-state index contributed by atoms with van der Waals surface area (Å²) in [5, 5.41) is 11.4. The van der Waals surface area contributed by atoms with E-state index in [-0.39, 0.29) is 5.54 Å². The number of rotatable bonds is 4. The number of aliphatic hydroxyl groups excluding tert-OH is 1. The van der Waals surface area contributed by atoms with Crippen molar-refractivity contribution in [2.75, 3.05) is 20.2 Å².